The molecule has 7 heteroatoms. The predicted molar refractivity (Wildman–Crippen MR) is 65.7 cm³/mol. The van der Waals surface area contributed by atoms with Crippen LogP contribution in [0.2, 0.25) is 0 Å². The van der Waals surface area contributed by atoms with Crippen molar-refractivity contribution in [2.75, 3.05) is 7.11 Å². The Labute approximate surface area is 114 Å². The summed E-state index contributed by atoms with van der Waals surface area (Å²) in [5.41, 5.74) is 0.306. The number of benzene rings is 1. The largest absolute Gasteiger partial charge is 0.469 e. The fourth-order valence-electron chi connectivity index (χ4n) is 2.33. The number of urea groups is 1. The molecule has 0 aromatic heterocycles. The van der Waals surface area contributed by atoms with E-state index in [1.807, 2.05) is 0 Å². The first-order chi connectivity index (χ1) is 9.43. The van der Waals surface area contributed by atoms with E-state index in [9.17, 15) is 18.4 Å². The maximum absolute atomic E-state index is 13.3. The molecule has 2 rings (SSSR count). The Morgan fingerprint density at radius 1 is 1.25 bits per heavy atom. The van der Waals surface area contributed by atoms with Gasteiger partial charge < -0.3 is 15.4 Å². The molecule has 2 N–H and O–H groups in total. The van der Waals surface area contributed by atoms with Crippen LogP contribution < -0.4 is 10.6 Å². The highest BCUT2D eigenvalue weighted by atomic mass is 19.2. The highest BCUT2D eigenvalue weighted by Gasteiger charge is 2.40. The van der Waals surface area contributed by atoms with Crippen molar-refractivity contribution in [2.45, 2.75) is 19.0 Å². The molecule has 0 spiro atoms. The van der Waals surface area contributed by atoms with Crippen LogP contribution in [0.25, 0.3) is 0 Å². The van der Waals surface area contributed by atoms with E-state index in [4.69, 9.17) is 4.74 Å². The standard InChI is InChI=1S/C13H14F2N2O3/c1-6-10(12(18)20-2)11(17-13(19)16-6)7-3-4-8(14)9(15)5-7/h3-6,10-11H,1-2H3,(H2,16,17,19)/t6?,10?,11-/m0/s1. The van der Waals surface area contributed by atoms with Crippen molar-refractivity contribution in [1.82, 2.24) is 10.6 Å². The van der Waals surface area contributed by atoms with Gasteiger partial charge in [-0.25, -0.2) is 13.6 Å². The summed E-state index contributed by atoms with van der Waals surface area (Å²) >= 11 is 0. The van der Waals surface area contributed by atoms with E-state index >= 15 is 0 Å². The third kappa shape index (κ3) is 2.56. The summed E-state index contributed by atoms with van der Waals surface area (Å²) in [6.45, 7) is 1.65. The molecule has 0 aliphatic carbocycles. The van der Waals surface area contributed by atoms with Crippen LogP contribution in [0.1, 0.15) is 18.5 Å². The lowest BCUT2D eigenvalue weighted by molar-refractivity contribution is -0.147. The summed E-state index contributed by atoms with van der Waals surface area (Å²) < 4.78 is 31.0. The van der Waals surface area contributed by atoms with Crippen molar-refractivity contribution in [3.63, 3.8) is 0 Å². The van der Waals surface area contributed by atoms with Crippen molar-refractivity contribution in [1.29, 1.82) is 0 Å². The molecule has 1 fully saturated rings. The average molecular weight is 284 g/mol. The minimum Gasteiger partial charge on any atom is -0.469 e. The quantitative estimate of drug-likeness (QED) is 0.809. The number of halogens is 2. The molecule has 1 heterocycles. The van der Waals surface area contributed by atoms with Gasteiger partial charge in [0.25, 0.3) is 0 Å². The van der Waals surface area contributed by atoms with Gasteiger partial charge in [0.05, 0.1) is 13.2 Å². The van der Waals surface area contributed by atoms with Crippen LogP contribution in [0, 0.1) is 17.6 Å². The first-order valence-corrected chi connectivity index (χ1v) is 6.04. The summed E-state index contributed by atoms with van der Waals surface area (Å²) in [6.07, 6.45) is 0. The Morgan fingerprint density at radius 3 is 2.55 bits per heavy atom. The maximum atomic E-state index is 13.3. The van der Waals surface area contributed by atoms with E-state index in [0.717, 1.165) is 12.1 Å². The molecule has 0 saturated carbocycles. The zero-order chi connectivity index (χ0) is 14.9. The lowest BCUT2D eigenvalue weighted by Crippen LogP contribution is -2.57. The average Bonchev–Trinajstić information content (AvgIpc) is 2.40. The van der Waals surface area contributed by atoms with E-state index < -0.39 is 41.6 Å². The summed E-state index contributed by atoms with van der Waals surface area (Å²) in [7, 11) is 1.23. The molecule has 3 atom stereocenters. The lowest BCUT2D eigenvalue weighted by Gasteiger charge is -2.36. The SMILES string of the molecule is COC(=O)C1C(C)NC(=O)N[C@H]1c1ccc(F)c(F)c1. The third-order valence-corrected chi connectivity index (χ3v) is 3.32. The zero-order valence-corrected chi connectivity index (χ0v) is 10.9. The summed E-state index contributed by atoms with van der Waals surface area (Å²) in [5, 5.41) is 5.09. The van der Waals surface area contributed by atoms with Gasteiger partial charge in [-0.2, -0.15) is 0 Å². The monoisotopic (exact) mass is 284 g/mol. The van der Waals surface area contributed by atoms with E-state index in [0.29, 0.717) is 5.56 Å². The number of amides is 2. The molecular formula is C13H14F2N2O3. The number of ether oxygens (including phenoxy) is 1. The number of methoxy groups -OCH3 is 1. The van der Waals surface area contributed by atoms with Crippen LogP contribution in [-0.4, -0.2) is 25.2 Å². The van der Waals surface area contributed by atoms with Gasteiger partial charge >= 0.3 is 12.0 Å². The van der Waals surface area contributed by atoms with E-state index in [2.05, 4.69) is 10.6 Å². The number of rotatable bonds is 2. The van der Waals surface area contributed by atoms with Crippen molar-refractivity contribution in [3.05, 3.63) is 35.4 Å². The van der Waals surface area contributed by atoms with Crippen LogP contribution in [-0.2, 0) is 9.53 Å². The smallest absolute Gasteiger partial charge is 0.315 e. The molecule has 0 radical (unpaired) electrons. The number of hydrogen-bond donors (Lipinski definition) is 2. The Hall–Kier alpha value is -2.18. The van der Waals surface area contributed by atoms with Crippen molar-refractivity contribution in [2.24, 2.45) is 5.92 Å². The number of nitrogens with one attached hydrogen (secondary N) is 2. The minimum atomic E-state index is -1.04. The molecule has 0 bridgehead atoms. The topological polar surface area (TPSA) is 67.4 Å². The third-order valence-electron chi connectivity index (χ3n) is 3.32. The molecule has 2 unspecified atom stereocenters. The second-order valence-corrected chi connectivity index (χ2v) is 4.61. The Morgan fingerprint density at radius 2 is 1.95 bits per heavy atom. The number of carbonyl (C=O) groups is 2. The fourth-order valence-corrected chi connectivity index (χ4v) is 2.33. The van der Waals surface area contributed by atoms with E-state index in [1.165, 1.54) is 13.2 Å². The number of hydrogen-bond acceptors (Lipinski definition) is 3. The van der Waals surface area contributed by atoms with Gasteiger partial charge in [0.1, 0.15) is 5.92 Å². The van der Waals surface area contributed by atoms with Crippen LogP contribution in [0.3, 0.4) is 0 Å². The van der Waals surface area contributed by atoms with Crippen LogP contribution in [0.5, 0.6) is 0 Å². The Bertz CT molecular complexity index is 550. The summed E-state index contributed by atoms with van der Waals surface area (Å²) in [5.74, 6) is -3.30. The molecule has 5 nitrogen and oxygen atoms in total. The van der Waals surface area contributed by atoms with Gasteiger partial charge in [0, 0.05) is 6.04 Å². The molecule has 1 saturated heterocycles. The minimum absolute atomic E-state index is 0.306. The maximum Gasteiger partial charge on any atom is 0.315 e. The number of carbonyl (C=O) groups excluding carboxylic acids is 2. The van der Waals surface area contributed by atoms with Gasteiger partial charge in [0.15, 0.2) is 11.6 Å². The van der Waals surface area contributed by atoms with Crippen molar-refractivity contribution < 1.29 is 23.1 Å². The molecule has 108 valence electrons. The van der Waals surface area contributed by atoms with Crippen LogP contribution >= 0.6 is 0 Å². The second-order valence-electron chi connectivity index (χ2n) is 4.61. The summed E-state index contributed by atoms with van der Waals surface area (Å²) in [4.78, 5) is 23.4. The molecule has 1 aromatic rings. The van der Waals surface area contributed by atoms with Crippen LogP contribution in [0.15, 0.2) is 18.2 Å². The first kappa shape index (κ1) is 14.2. The van der Waals surface area contributed by atoms with E-state index in [-0.39, 0.29) is 0 Å². The second kappa shape index (κ2) is 5.44. The molecule has 1 aliphatic heterocycles. The van der Waals surface area contributed by atoms with Gasteiger partial charge in [0.2, 0.25) is 0 Å². The normalized spacial score (nSPS) is 25.6. The Balaban J connectivity index is 2.40. The van der Waals surface area contributed by atoms with Crippen molar-refractivity contribution in [3.8, 4) is 0 Å². The molecule has 1 aromatic carbocycles. The zero-order valence-electron chi connectivity index (χ0n) is 10.9. The van der Waals surface area contributed by atoms with Crippen molar-refractivity contribution >= 4 is 12.0 Å². The van der Waals surface area contributed by atoms with Crippen LogP contribution in [0.4, 0.5) is 13.6 Å². The molecule has 1 aliphatic rings. The molecular weight excluding hydrogens is 270 g/mol. The molecule has 2 amide bonds. The number of esters is 1. The van der Waals surface area contributed by atoms with Gasteiger partial charge in [-0.15, -0.1) is 0 Å². The van der Waals surface area contributed by atoms with Gasteiger partial charge in [-0.1, -0.05) is 6.07 Å². The van der Waals surface area contributed by atoms with Gasteiger partial charge in [-0.3, -0.25) is 4.79 Å². The fraction of sp³-hybridized carbons (Fsp3) is 0.385. The predicted octanol–water partition coefficient (Wildman–Crippen LogP) is 1.50. The Kier molecular flexibility index (Phi) is 3.87. The first-order valence-electron chi connectivity index (χ1n) is 6.04. The highest BCUT2D eigenvalue weighted by Crippen LogP contribution is 2.29. The lowest BCUT2D eigenvalue weighted by atomic mass is 9.86. The molecule has 20 heavy (non-hydrogen) atoms. The highest BCUT2D eigenvalue weighted by molar-refractivity contribution is 5.82. The van der Waals surface area contributed by atoms with Gasteiger partial charge in [-0.05, 0) is 24.6 Å². The van der Waals surface area contributed by atoms with E-state index in [1.54, 1.807) is 6.92 Å². The summed E-state index contributed by atoms with van der Waals surface area (Å²) in [6, 6.07) is 1.51.